The van der Waals surface area contributed by atoms with Crippen LogP contribution in [0.1, 0.15) is 32.1 Å². The van der Waals surface area contributed by atoms with Gasteiger partial charge in [0.05, 0.1) is 0 Å². The number of hydrogen-bond donors (Lipinski definition) is 1. The van der Waals surface area contributed by atoms with Gasteiger partial charge in [0, 0.05) is 13.2 Å². The van der Waals surface area contributed by atoms with Gasteiger partial charge < -0.3 is 9.84 Å². The van der Waals surface area contributed by atoms with Crippen molar-refractivity contribution in [1.29, 1.82) is 0 Å². The second-order valence-corrected chi connectivity index (χ2v) is 3.70. The van der Waals surface area contributed by atoms with Crippen molar-refractivity contribution in [2.45, 2.75) is 37.7 Å². The summed E-state index contributed by atoms with van der Waals surface area (Å²) in [4.78, 5) is 10.2. The van der Waals surface area contributed by atoms with Crippen LogP contribution in [0.15, 0.2) is 12.2 Å². The Kier molecular flexibility index (Phi) is 4.38. The first kappa shape index (κ1) is 11.8. The van der Waals surface area contributed by atoms with E-state index in [-0.39, 0.29) is 5.60 Å². The van der Waals surface area contributed by atoms with E-state index >= 15 is 0 Å². The zero-order valence-electron chi connectivity index (χ0n) is 8.95. The maximum Gasteiger partial charge on any atom is 0.328 e. The van der Waals surface area contributed by atoms with Crippen molar-refractivity contribution in [3.05, 3.63) is 12.2 Å². The fourth-order valence-corrected chi connectivity index (χ4v) is 1.79. The third-order valence-corrected chi connectivity index (χ3v) is 2.66. The number of hydrogen-bond acceptors (Lipinski definition) is 2. The maximum atomic E-state index is 10.2. The number of methoxy groups -OCH3 is 1. The molecule has 3 heteroatoms. The smallest absolute Gasteiger partial charge is 0.328 e. The van der Waals surface area contributed by atoms with Crippen LogP contribution in [0.4, 0.5) is 0 Å². The molecule has 0 aliphatic heterocycles. The molecule has 0 aromatic rings. The van der Waals surface area contributed by atoms with Crippen LogP contribution in [0.3, 0.4) is 0 Å². The molecule has 0 amide bonds. The summed E-state index contributed by atoms with van der Waals surface area (Å²) in [5.74, 6) is 4.79. The molecule has 82 valence electrons. The highest BCUT2D eigenvalue weighted by atomic mass is 16.5. The molecule has 0 unspecified atom stereocenters. The first-order valence-electron chi connectivity index (χ1n) is 5.16. The Morgan fingerprint density at radius 1 is 1.40 bits per heavy atom. The van der Waals surface area contributed by atoms with Crippen LogP contribution in [-0.4, -0.2) is 23.8 Å². The Morgan fingerprint density at radius 2 is 2.07 bits per heavy atom. The molecule has 0 radical (unpaired) electrons. The van der Waals surface area contributed by atoms with E-state index < -0.39 is 5.97 Å². The monoisotopic (exact) mass is 208 g/mol. The number of carboxylic acid groups (broad SMARTS) is 1. The molecule has 0 spiro atoms. The highest BCUT2D eigenvalue weighted by molar-refractivity contribution is 5.80. The minimum absolute atomic E-state index is 0.346. The SMILES string of the molecule is COC1(C#C/C=C/C(=O)O)CCCCC1. The molecule has 0 aromatic heterocycles. The van der Waals surface area contributed by atoms with E-state index in [0.717, 1.165) is 31.8 Å². The Balaban J connectivity index is 2.62. The largest absolute Gasteiger partial charge is 0.478 e. The molecule has 0 saturated heterocycles. The van der Waals surface area contributed by atoms with Crippen LogP contribution < -0.4 is 0 Å². The number of rotatable bonds is 2. The van der Waals surface area contributed by atoms with Gasteiger partial charge in [-0.1, -0.05) is 18.3 Å². The highest BCUT2D eigenvalue weighted by Gasteiger charge is 2.29. The van der Waals surface area contributed by atoms with Crippen molar-refractivity contribution >= 4 is 5.97 Å². The Hall–Kier alpha value is -1.27. The highest BCUT2D eigenvalue weighted by Crippen LogP contribution is 2.30. The van der Waals surface area contributed by atoms with Crippen molar-refractivity contribution in [2.75, 3.05) is 7.11 Å². The quantitative estimate of drug-likeness (QED) is 0.557. The molecule has 15 heavy (non-hydrogen) atoms. The predicted molar refractivity (Wildman–Crippen MR) is 57.4 cm³/mol. The molecule has 1 fully saturated rings. The summed E-state index contributed by atoms with van der Waals surface area (Å²) in [6, 6.07) is 0. The van der Waals surface area contributed by atoms with Crippen LogP contribution in [0.2, 0.25) is 0 Å². The van der Waals surface area contributed by atoms with Crippen molar-refractivity contribution in [2.24, 2.45) is 0 Å². The fraction of sp³-hybridized carbons (Fsp3) is 0.583. The second-order valence-electron chi connectivity index (χ2n) is 3.70. The molecular formula is C12H16O3. The van der Waals surface area contributed by atoms with Crippen LogP contribution in [0, 0.1) is 11.8 Å². The lowest BCUT2D eigenvalue weighted by atomic mass is 9.85. The Bertz CT molecular complexity index is 301. The van der Waals surface area contributed by atoms with Gasteiger partial charge in [0.25, 0.3) is 0 Å². The minimum Gasteiger partial charge on any atom is -0.478 e. The lowest BCUT2D eigenvalue weighted by Crippen LogP contribution is -2.31. The van der Waals surface area contributed by atoms with Crippen molar-refractivity contribution < 1.29 is 14.6 Å². The van der Waals surface area contributed by atoms with Gasteiger partial charge in [-0.2, -0.15) is 0 Å². The number of allylic oxidation sites excluding steroid dienone is 1. The van der Waals surface area contributed by atoms with Crippen LogP contribution in [0.5, 0.6) is 0 Å². The molecule has 3 nitrogen and oxygen atoms in total. The van der Waals surface area contributed by atoms with Gasteiger partial charge in [-0.15, -0.1) is 0 Å². The van der Waals surface area contributed by atoms with Gasteiger partial charge in [-0.25, -0.2) is 4.79 Å². The molecule has 0 heterocycles. The van der Waals surface area contributed by atoms with Gasteiger partial charge in [-0.3, -0.25) is 0 Å². The van der Waals surface area contributed by atoms with E-state index in [2.05, 4.69) is 11.8 Å². The molecule has 0 aromatic carbocycles. The average Bonchev–Trinajstić information content (AvgIpc) is 2.26. The number of carboxylic acids is 1. The normalized spacial score (nSPS) is 19.5. The van der Waals surface area contributed by atoms with Crippen LogP contribution in [0.25, 0.3) is 0 Å². The summed E-state index contributed by atoms with van der Waals surface area (Å²) < 4.78 is 5.43. The van der Waals surface area contributed by atoms with Crippen LogP contribution in [-0.2, 0) is 9.53 Å². The minimum atomic E-state index is -0.973. The third-order valence-electron chi connectivity index (χ3n) is 2.66. The lowest BCUT2D eigenvalue weighted by Gasteiger charge is -2.30. The first-order valence-corrected chi connectivity index (χ1v) is 5.16. The molecule has 1 aliphatic carbocycles. The molecule has 1 N–H and O–H groups in total. The van der Waals surface area contributed by atoms with Crippen LogP contribution >= 0.6 is 0 Å². The summed E-state index contributed by atoms with van der Waals surface area (Å²) in [6.07, 6.45) is 7.78. The fourth-order valence-electron chi connectivity index (χ4n) is 1.79. The third kappa shape index (κ3) is 3.77. The molecule has 0 bridgehead atoms. The predicted octanol–water partition coefficient (Wildman–Crippen LogP) is 1.98. The molecule has 0 atom stereocenters. The average molecular weight is 208 g/mol. The topological polar surface area (TPSA) is 46.5 Å². The second kappa shape index (κ2) is 5.57. The molecular weight excluding hydrogens is 192 g/mol. The van der Waals surface area contributed by atoms with Gasteiger partial charge in [0.1, 0.15) is 5.60 Å². The molecule has 1 aliphatic rings. The number of ether oxygens (including phenoxy) is 1. The standard InChI is InChI=1S/C12H16O3/c1-15-12(8-4-2-5-9-12)10-6-3-7-11(13)14/h3,7H,2,4-5,8-9H2,1H3,(H,13,14)/b7-3+. The number of aliphatic carboxylic acids is 1. The van der Waals surface area contributed by atoms with E-state index in [1.54, 1.807) is 7.11 Å². The van der Waals surface area contributed by atoms with E-state index in [1.165, 1.54) is 12.5 Å². The van der Waals surface area contributed by atoms with Gasteiger partial charge >= 0.3 is 5.97 Å². The first-order chi connectivity index (χ1) is 7.18. The van der Waals surface area contributed by atoms with Crippen molar-refractivity contribution in [1.82, 2.24) is 0 Å². The maximum absolute atomic E-state index is 10.2. The van der Waals surface area contributed by atoms with E-state index in [1.807, 2.05) is 0 Å². The number of carbonyl (C=O) groups is 1. The van der Waals surface area contributed by atoms with E-state index in [9.17, 15) is 4.79 Å². The zero-order valence-corrected chi connectivity index (χ0v) is 8.95. The summed E-state index contributed by atoms with van der Waals surface area (Å²) in [5, 5.41) is 8.39. The van der Waals surface area contributed by atoms with E-state index in [4.69, 9.17) is 9.84 Å². The van der Waals surface area contributed by atoms with Gasteiger partial charge in [0.2, 0.25) is 0 Å². The molecule has 1 saturated carbocycles. The van der Waals surface area contributed by atoms with Gasteiger partial charge in [0.15, 0.2) is 0 Å². The summed E-state index contributed by atoms with van der Waals surface area (Å²) >= 11 is 0. The Morgan fingerprint density at radius 3 is 2.60 bits per heavy atom. The van der Waals surface area contributed by atoms with Crippen molar-refractivity contribution in [3.63, 3.8) is 0 Å². The lowest BCUT2D eigenvalue weighted by molar-refractivity contribution is -0.131. The zero-order chi connectivity index (χ0) is 11.1. The molecule has 1 rings (SSSR count). The summed E-state index contributed by atoms with van der Waals surface area (Å²) in [5.41, 5.74) is -0.346. The van der Waals surface area contributed by atoms with Crippen molar-refractivity contribution in [3.8, 4) is 11.8 Å². The van der Waals surface area contributed by atoms with E-state index in [0.29, 0.717) is 0 Å². The summed E-state index contributed by atoms with van der Waals surface area (Å²) in [6.45, 7) is 0. The van der Waals surface area contributed by atoms with Gasteiger partial charge in [-0.05, 0) is 31.8 Å². The Labute approximate surface area is 90.1 Å². The summed E-state index contributed by atoms with van der Waals surface area (Å²) in [7, 11) is 1.67.